The minimum Gasteiger partial charge on any atom is -0.462 e. The van der Waals surface area contributed by atoms with Gasteiger partial charge in [0.1, 0.15) is 13.2 Å². The molecule has 0 aliphatic rings. The van der Waals surface area contributed by atoms with Crippen LogP contribution < -0.4 is 0 Å². The highest BCUT2D eigenvalue weighted by Gasteiger charge is 2.19. The summed E-state index contributed by atoms with van der Waals surface area (Å²) in [6.45, 7) is 6.57. The zero-order valence-corrected chi connectivity index (χ0v) is 53.8. The number of ether oxygens (including phenoxy) is 3. The van der Waals surface area contributed by atoms with Crippen molar-refractivity contribution in [3.8, 4) is 0 Å². The van der Waals surface area contributed by atoms with Crippen molar-refractivity contribution in [1.29, 1.82) is 0 Å². The summed E-state index contributed by atoms with van der Waals surface area (Å²) in [5.74, 6) is -0.859. The molecule has 0 aromatic heterocycles. The summed E-state index contributed by atoms with van der Waals surface area (Å²) in [4.78, 5) is 38.4. The number of rotatable bonds is 64. The van der Waals surface area contributed by atoms with Crippen LogP contribution in [0.2, 0.25) is 0 Å². The fourth-order valence-electron chi connectivity index (χ4n) is 10.2. The van der Waals surface area contributed by atoms with Crippen LogP contribution in [0, 0.1) is 0 Å². The summed E-state index contributed by atoms with van der Waals surface area (Å²) in [6.07, 6.45) is 91.8. The predicted octanol–water partition coefficient (Wildman–Crippen LogP) is 24.2. The van der Waals surface area contributed by atoms with Gasteiger partial charge in [-0.3, -0.25) is 14.4 Å². The zero-order chi connectivity index (χ0) is 58.5. The zero-order valence-electron chi connectivity index (χ0n) is 53.8. The van der Waals surface area contributed by atoms with E-state index < -0.39 is 6.10 Å². The molecule has 0 saturated carbocycles. The smallest absolute Gasteiger partial charge is 0.306 e. The van der Waals surface area contributed by atoms with Crippen molar-refractivity contribution in [2.45, 2.75) is 361 Å². The summed E-state index contributed by atoms with van der Waals surface area (Å²) < 4.78 is 17.0. The van der Waals surface area contributed by atoms with E-state index in [0.717, 1.165) is 109 Å². The molecule has 468 valence electrons. The Hall–Kier alpha value is -3.41. The van der Waals surface area contributed by atoms with E-state index >= 15 is 0 Å². The first-order chi connectivity index (χ1) is 40.0. The van der Waals surface area contributed by atoms with Crippen molar-refractivity contribution in [3.63, 3.8) is 0 Å². The number of esters is 3. The fraction of sp³-hybridized carbons (Fsp3) is 0.773. The Morgan fingerprint density at radius 1 is 0.259 bits per heavy atom. The van der Waals surface area contributed by atoms with E-state index in [1.54, 1.807) is 0 Å². The number of hydrogen-bond donors (Lipinski definition) is 0. The Balaban J connectivity index is 4.22. The predicted molar refractivity (Wildman–Crippen MR) is 353 cm³/mol. The second kappa shape index (κ2) is 69.1. The quantitative estimate of drug-likeness (QED) is 0.0261. The maximum atomic E-state index is 12.9. The summed E-state index contributed by atoms with van der Waals surface area (Å²) in [6, 6.07) is 0. The minimum absolute atomic E-state index is 0.0725. The van der Waals surface area contributed by atoms with Crippen LogP contribution in [0.4, 0.5) is 0 Å². The van der Waals surface area contributed by atoms with Crippen LogP contribution >= 0.6 is 0 Å². The van der Waals surface area contributed by atoms with Gasteiger partial charge in [-0.1, -0.05) is 343 Å². The number of allylic oxidation sites excluding steroid dienone is 14. The highest BCUT2D eigenvalue weighted by molar-refractivity contribution is 5.71. The van der Waals surface area contributed by atoms with Gasteiger partial charge in [0.15, 0.2) is 6.10 Å². The van der Waals surface area contributed by atoms with Gasteiger partial charge in [-0.25, -0.2) is 0 Å². The van der Waals surface area contributed by atoms with Crippen molar-refractivity contribution in [1.82, 2.24) is 0 Å². The molecule has 0 aliphatic heterocycles. The molecular weight excluding hydrogens is 997 g/mol. The lowest BCUT2D eigenvalue weighted by Gasteiger charge is -2.18. The van der Waals surface area contributed by atoms with Gasteiger partial charge < -0.3 is 14.2 Å². The van der Waals surface area contributed by atoms with E-state index in [1.807, 2.05) is 0 Å². The normalized spacial score (nSPS) is 12.6. The maximum absolute atomic E-state index is 12.9. The van der Waals surface area contributed by atoms with E-state index in [1.165, 1.54) is 205 Å². The van der Waals surface area contributed by atoms with Crippen LogP contribution in [0.15, 0.2) is 85.1 Å². The van der Waals surface area contributed by atoms with E-state index in [0.29, 0.717) is 19.3 Å². The summed E-state index contributed by atoms with van der Waals surface area (Å²) in [5.41, 5.74) is 0. The molecule has 0 saturated heterocycles. The van der Waals surface area contributed by atoms with E-state index in [9.17, 15) is 14.4 Å². The highest BCUT2D eigenvalue weighted by Crippen LogP contribution is 2.18. The highest BCUT2D eigenvalue weighted by atomic mass is 16.6. The lowest BCUT2D eigenvalue weighted by atomic mass is 10.0. The Morgan fingerprint density at radius 3 is 0.753 bits per heavy atom. The third-order valence-corrected chi connectivity index (χ3v) is 15.4. The molecule has 6 heteroatoms. The molecule has 1 atom stereocenters. The molecule has 0 N–H and O–H groups in total. The average molecular weight is 1130 g/mol. The van der Waals surface area contributed by atoms with Crippen molar-refractivity contribution in [3.05, 3.63) is 85.1 Å². The molecule has 0 aliphatic carbocycles. The Kier molecular flexibility index (Phi) is 66.2. The fourth-order valence-corrected chi connectivity index (χ4v) is 10.2. The molecule has 6 nitrogen and oxygen atoms in total. The first-order valence-corrected chi connectivity index (χ1v) is 35.1. The van der Waals surface area contributed by atoms with Gasteiger partial charge >= 0.3 is 17.9 Å². The lowest BCUT2D eigenvalue weighted by molar-refractivity contribution is -0.167. The Morgan fingerprint density at radius 2 is 0.481 bits per heavy atom. The van der Waals surface area contributed by atoms with Crippen molar-refractivity contribution < 1.29 is 28.6 Å². The molecule has 0 aromatic carbocycles. The van der Waals surface area contributed by atoms with E-state index in [2.05, 4.69) is 106 Å². The van der Waals surface area contributed by atoms with Crippen molar-refractivity contribution >= 4 is 17.9 Å². The molecule has 0 bridgehead atoms. The van der Waals surface area contributed by atoms with Crippen LogP contribution in [-0.2, 0) is 28.6 Å². The van der Waals surface area contributed by atoms with Crippen LogP contribution in [0.1, 0.15) is 355 Å². The first kappa shape index (κ1) is 77.6. The van der Waals surface area contributed by atoms with Crippen LogP contribution in [0.25, 0.3) is 0 Å². The molecule has 0 radical (unpaired) electrons. The number of hydrogen-bond acceptors (Lipinski definition) is 6. The van der Waals surface area contributed by atoms with Gasteiger partial charge in [-0.05, 0) is 77.0 Å². The number of carbonyl (C=O) groups is 3. The topological polar surface area (TPSA) is 78.9 Å². The van der Waals surface area contributed by atoms with E-state index in [4.69, 9.17) is 14.2 Å². The second-order valence-corrected chi connectivity index (χ2v) is 23.4. The average Bonchev–Trinajstić information content (AvgIpc) is 3.47. The molecule has 0 heterocycles. The Labute approximate surface area is 503 Å². The molecule has 0 spiro atoms. The Bertz CT molecular complexity index is 1530. The monoisotopic (exact) mass is 1130 g/mol. The van der Waals surface area contributed by atoms with Gasteiger partial charge in [0, 0.05) is 19.3 Å². The minimum atomic E-state index is -0.776. The molecule has 0 aromatic rings. The van der Waals surface area contributed by atoms with Gasteiger partial charge in [0.05, 0.1) is 0 Å². The summed E-state index contributed by atoms with van der Waals surface area (Å²) in [5, 5.41) is 0. The maximum Gasteiger partial charge on any atom is 0.306 e. The van der Waals surface area contributed by atoms with Gasteiger partial charge in [-0.2, -0.15) is 0 Å². The molecule has 0 fully saturated rings. The van der Waals surface area contributed by atoms with Gasteiger partial charge in [0.2, 0.25) is 0 Å². The molecular formula is C75H132O6. The first-order valence-electron chi connectivity index (χ1n) is 35.1. The van der Waals surface area contributed by atoms with Gasteiger partial charge in [0.25, 0.3) is 0 Å². The summed E-state index contributed by atoms with van der Waals surface area (Å²) >= 11 is 0. The number of carbonyl (C=O) groups excluding carboxylic acids is 3. The molecule has 81 heavy (non-hydrogen) atoms. The van der Waals surface area contributed by atoms with Crippen LogP contribution in [-0.4, -0.2) is 37.2 Å². The van der Waals surface area contributed by atoms with Gasteiger partial charge in [-0.15, -0.1) is 0 Å². The second-order valence-electron chi connectivity index (χ2n) is 23.4. The standard InChI is InChI=1S/C75H132O6/c1-4-7-10-13-16-19-22-24-26-28-30-32-33-34-35-36-37-38-39-40-41-43-44-46-48-50-53-56-59-62-65-68-74(77)80-71-72(70-79-73(76)67-64-61-58-55-52-21-18-15-12-9-6-3)81-75(78)69-66-63-60-57-54-51-49-47-45-42-31-29-27-25-23-20-17-14-11-8-5-2/h7,10,16,19,24,26,30,32,34-35,37-38,40-41,72H,4-6,8-9,11-15,17-18,20-23,25,27-29,31,33,36,39,42-71H2,1-3H3/b10-7-,19-16-,26-24-,32-30-,35-34-,38-37-,41-40-. The SMILES string of the molecule is CC/C=C\C/C=C\C/C=C\C/C=C\C/C=C\C/C=C\C/C=C\CCCCCCCCCCCC(=O)OCC(COC(=O)CCCCCCCCCCCCC)OC(=O)CCCCCCCCCCCCCCCCCCCCCCC. The lowest BCUT2D eigenvalue weighted by Crippen LogP contribution is -2.30. The molecule has 0 amide bonds. The third-order valence-electron chi connectivity index (χ3n) is 15.4. The van der Waals surface area contributed by atoms with Crippen LogP contribution in [0.3, 0.4) is 0 Å². The number of unbranched alkanes of at least 4 members (excludes halogenated alkanes) is 39. The van der Waals surface area contributed by atoms with Crippen molar-refractivity contribution in [2.24, 2.45) is 0 Å². The van der Waals surface area contributed by atoms with Crippen LogP contribution in [0.5, 0.6) is 0 Å². The van der Waals surface area contributed by atoms with Crippen molar-refractivity contribution in [2.75, 3.05) is 13.2 Å². The largest absolute Gasteiger partial charge is 0.462 e. The summed E-state index contributed by atoms with van der Waals surface area (Å²) in [7, 11) is 0. The third kappa shape index (κ3) is 67.3. The van der Waals surface area contributed by atoms with E-state index in [-0.39, 0.29) is 31.1 Å². The molecule has 0 rings (SSSR count). The molecule has 1 unspecified atom stereocenters.